The molecule has 0 atom stereocenters. The molecule has 0 saturated heterocycles. The molecule has 0 aliphatic rings. The minimum absolute atomic E-state index is 0.107. The van der Waals surface area contributed by atoms with Crippen molar-refractivity contribution in [3.63, 3.8) is 0 Å². The summed E-state index contributed by atoms with van der Waals surface area (Å²) in [4.78, 5) is -3.42. The number of benzene rings is 3. The molecule has 194 valence electrons. The molecule has 0 amide bonds. The van der Waals surface area contributed by atoms with Crippen molar-refractivity contribution < 1.29 is 45.8 Å². The zero-order valence-electron chi connectivity index (χ0n) is 17.9. The van der Waals surface area contributed by atoms with Gasteiger partial charge < -0.3 is 0 Å². The topological polar surface area (TPSA) is 0 Å². The minimum atomic E-state index is -10.8. The normalized spacial score (nSPS) is 14.6. The smallest absolute Gasteiger partial charge is 0.209 e. The SMILES string of the molecule is C=CCC/C(F)=C(\F)c1ccc(-c2cc(F)c(-c3cc(F)c(S(F)(F)(F)(F)F)c(F)c3)c(F)c2)cc1. The lowest BCUT2D eigenvalue weighted by Crippen LogP contribution is -2.12. The lowest BCUT2D eigenvalue weighted by Gasteiger charge is -2.40. The van der Waals surface area contributed by atoms with Crippen molar-refractivity contribution >= 4 is 16.1 Å². The summed E-state index contributed by atoms with van der Waals surface area (Å²) in [6.45, 7) is 3.39. The Morgan fingerprint density at radius 1 is 0.694 bits per heavy atom. The molecule has 0 heterocycles. The van der Waals surface area contributed by atoms with E-state index in [9.17, 15) is 45.8 Å². The van der Waals surface area contributed by atoms with Crippen LogP contribution in [0.2, 0.25) is 0 Å². The first-order chi connectivity index (χ1) is 16.4. The van der Waals surface area contributed by atoms with Crippen LogP contribution in [0.25, 0.3) is 28.1 Å². The largest absolute Gasteiger partial charge is 0.315 e. The monoisotopic (exact) mass is 544 g/mol. The van der Waals surface area contributed by atoms with E-state index in [0.717, 1.165) is 12.1 Å². The number of halogens is 11. The molecule has 0 aromatic heterocycles. The lowest BCUT2D eigenvalue weighted by atomic mass is 9.98. The van der Waals surface area contributed by atoms with Crippen LogP contribution >= 0.6 is 10.2 Å². The highest BCUT2D eigenvalue weighted by Gasteiger charge is 2.68. The van der Waals surface area contributed by atoms with E-state index in [0.29, 0.717) is 12.1 Å². The Hall–Kier alpha value is -3.28. The Labute approximate surface area is 198 Å². The second-order valence-electron chi connectivity index (χ2n) is 7.68. The highest BCUT2D eigenvalue weighted by molar-refractivity contribution is 8.45. The van der Waals surface area contributed by atoms with Crippen molar-refractivity contribution in [3.05, 3.63) is 95.8 Å². The van der Waals surface area contributed by atoms with Gasteiger partial charge in [0, 0.05) is 12.0 Å². The van der Waals surface area contributed by atoms with Gasteiger partial charge in [-0.05, 0) is 47.4 Å². The fourth-order valence-corrected chi connectivity index (χ4v) is 4.25. The molecule has 12 heteroatoms. The van der Waals surface area contributed by atoms with E-state index in [1.54, 1.807) is 0 Å². The van der Waals surface area contributed by atoms with Crippen molar-refractivity contribution in [2.24, 2.45) is 0 Å². The first-order valence-electron chi connectivity index (χ1n) is 9.91. The zero-order chi connectivity index (χ0) is 27.1. The van der Waals surface area contributed by atoms with E-state index in [2.05, 4.69) is 6.58 Å². The molecule has 3 aromatic rings. The third-order valence-corrected chi connectivity index (χ3v) is 6.15. The predicted molar refractivity (Wildman–Crippen MR) is 117 cm³/mol. The van der Waals surface area contributed by atoms with Gasteiger partial charge >= 0.3 is 10.2 Å². The molecule has 36 heavy (non-hydrogen) atoms. The third kappa shape index (κ3) is 5.75. The molecular weight excluding hydrogens is 529 g/mol. The average molecular weight is 544 g/mol. The average Bonchev–Trinajstić information content (AvgIpc) is 2.74. The number of rotatable bonds is 7. The highest BCUT2D eigenvalue weighted by atomic mass is 32.5. The Kier molecular flexibility index (Phi) is 6.59. The maximum Gasteiger partial charge on any atom is 0.315 e. The van der Waals surface area contributed by atoms with Crippen molar-refractivity contribution in [3.8, 4) is 22.3 Å². The van der Waals surface area contributed by atoms with Crippen LogP contribution in [0.4, 0.5) is 45.8 Å². The summed E-state index contributed by atoms with van der Waals surface area (Å²) in [6, 6.07) is 5.50. The maximum absolute atomic E-state index is 14.7. The van der Waals surface area contributed by atoms with Gasteiger partial charge in [0.25, 0.3) is 0 Å². The van der Waals surface area contributed by atoms with Crippen LogP contribution < -0.4 is 0 Å². The summed E-state index contributed by atoms with van der Waals surface area (Å²) in [7, 11) is -10.8. The Morgan fingerprint density at radius 2 is 1.17 bits per heavy atom. The first kappa shape index (κ1) is 27.3. The van der Waals surface area contributed by atoms with E-state index in [4.69, 9.17) is 0 Å². The fourth-order valence-electron chi connectivity index (χ4n) is 3.39. The van der Waals surface area contributed by atoms with Gasteiger partial charge in [0.05, 0.1) is 5.56 Å². The maximum atomic E-state index is 14.7. The van der Waals surface area contributed by atoms with E-state index in [1.807, 2.05) is 0 Å². The fraction of sp³-hybridized carbons (Fsp3) is 0.0833. The summed E-state index contributed by atoms with van der Waals surface area (Å²) in [6.07, 6.45) is 1.37. The zero-order valence-corrected chi connectivity index (χ0v) is 18.7. The van der Waals surface area contributed by atoms with Crippen LogP contribution in [-0.4, -0.2) is 0 Å². The second-order valence-corrected chi connectivity index (χ2v) is 10.0. The molecule has 0 saturated carbocycles. The standard InChI is InChI=1S/C24H15F11S/c1-2-3-4-17(25)23(30)14-7-5-13(6-8-14)15-9-18(26)22(19(27)10-15)16-11-20(28)24(21(29)12-16)36(31,32,33,34)35/h2,5-12H,1,3-4H2/b23-17+. The molecule has 0 nitrogen and oxygen atoms in total. The molecular formula is C24H15F11S. The summed E-state index contributed by atoms with van der Waals surface area (Å²) < 4.78 is 150. The van der Waals surface area contributed by atoms with Gasteiger partial charge in [-0.2, -0.15) is 0 Å². The Bertz CT molecular complexity index is 1330. The first-order valence-corrected chi connectivity index (χ1v) is 11.9. The molecule has 3 rings (SSSR count). The van der Waals surface area contributed by atoms with Crippen LogP contribution in [0.15, 0.2) is 71.9 Å². The Morgan fingerprint density at radius 3 is 1.61 bits per heavy atom. The van der Waals surface area contributed by atoms with Gasteiger partial charge in [0.1, 0.15) is 29.1 Å². The van der Waals surface area contributed by atoms with Crippen LogP contribution in [0.5, 0.6) is 0 Å². The van der Waals surface area contributed by atoms with Gasteiger partial charge in [0.2, 0.25) is 0 Å². The van der Waals surface area contributed by atoms with Crippen LogP contribution in [0.1, 0.15) is 18.4 Å². The molecule has 3 aromatic carbocycles. The summed E-state index contributed by atoms with van der Waals surface area (Å²) in [5.74, 6) is -10.6. The molecule has 0 aliphatic heterocycles. The highest BCUT2D eigenvalue weighted by Crippen LogP contribution is 3.02. The van der Waals surface area contributed by atoms with Crippen LogP contribution in [-0.2, 0) is 0 Å². The van der Waals surface area contributed by atoms with Crippen molar-refractivity contribution in [2.75, 3.05) is 0 Å². The summed E-state index contributed by atoms with van der Waals surface area (Å²) in [5, 5.41) is 0. The van der Waals surface area contributed by atoms with Crippen LogP contribution in [0.3, 0.4) is 0 Å². The molecule has 0 unspecified atom stereocenters. The molecule has 0 spiro atoms. The van der Waals surface area contributed by atoms with E-state index >= 15 is 0 Å². The van der Waals surface area contributed by atoms with E-state index in [1.165, 1.54) is 18.2 Å². The predicted octanol–water partition coefficient (Wildman–Crippen LogP) is 10.8. The molecule has 0 radical (unpaired) electrons. The Balaban J connectivity index is 2.02. The van der Waals surface area contributed by atoms with Gasteiger partial charge in [-0.3, -0.25) is 0 Å². The molecule has 0 aliphatic carbocycles. The van der Waals surface area contributed by atoms with Gasteiger partial charge in [0.15, 0.2) is 10.7 Å². The van der Waals surface area contributed by atoms with Crippen molar-refractivity contribution in [1.29, 1.82) is 0 Å². The third-order valence-electron chi connectivity index (χ3n) is 4.99. The number of allylic oxidation sites excluding steroid dienone is 2. The van der Waals surface area contributed by atoms with Gasteiger partial charge in [-0.15, -0.1) is 6.58 Å². The summed E-state index contributed by atoms with van der Waals surface area (Å²) >= 11 is 0. The second kappa shape index (κ2) is 8.68. The molecule has 0 bridgehead atoms. The quantitative estimate of drug-likeness (QED) is 0.205. The van der Waals surface area contributed by atoms with Gasteiger partial charge in [-0.1, -0.05) is 49.8 Å². The van der Waals surface area contributed by atoms with E-state index in [-0.39, 0.29) is 41.7 Å². The minimum Gasteiger partial charge on any atom is -0.209 e. The number of hydrogen-bond donors (Lipinski definition) is 0. The van der Waals surface area contributed by atoms with E-state index < -0.39 is 61.2 Å². The molecule has 0 fully saturated rings. The number of hydrogen-bond acceptors (Lipinski definition) is 0. The van der Waals surface area contributed by atoms with Crippen molar-refractivity contribution in [2.45, 2.75) is 17.7 Å². The van der Waals surface area contributed by atoms with Crippen molar-refractivity contribution in [1.82, 2.24) is 0 Å². The lowest BCUT2D eigenvalue weighted by molar-refractivity contribution is 0.345. The summed E-state index contributed by atoms with van der Waals surface area (Å²) in [5.41, 5.74) is -2.47. The molecule has 0 N–H and O–H groups in total. The van der Waals surface area contributed by atoms with Gasteiger partial charge in [-0.25, -0.2) is 26.3 Å². The van der Waals surface area contributed by atoms with Crippen LogP contribution in [0, 0.1) is 23.3 Å².